The van der Waals surface area contributed by atoms with Gasteiger partial charge in [-0.3, -0.25) is 0 Å². The van der Waals surface area contributed by atoms with Crippen molar-refractivity contribution in [1.82, 2.24) is 0 Å². The smallest absolute Gasteiger partial charge is 0.405 e. The normalized spacial score (nSPS) is 24.9. The van der Waals surface area contributed by atoms with Crippen LogP contribution in [0, 0.1) is 11.7 Å². The van der Waals surface area contributed by atoms with Gasteiger partial charge < -0.3 is 9.47 Å². The van der Waals surface area contributed by atoms with E-state index in [0.717, 1.165) is 31.6 Å². The van der Waals surface area contributed by atoms with Gasteiger partial charge in [0.25, 0.3) is 0 Å². The maximum absolute atomic E-state index is 14.9. The largest absolute Gasteiger partial charge is 0.490 e. The molecule has 31 heavy (non-hydrogen) atoms. The van der Waals surface area contributed by atoms with Crippen LogP contribution in [0.15, 0.2) is 36.4 Å². The Bertz CT molecular complexity index is 886. The van der Waals surface area contributed by atoms with Gasteiger partial charge in [0.1, 0.15) is 0 Å². The molecule has 0 N–H and O–H groups in total. The van der Waals surface area contributed by atoms with E-state index in [1.807, 2.05) is 19.1 Å². The minimum Gasteiger partial charge on any atom is -0.490 e. The molecule has 1 heterocycles. The van der Waals surface area contributed by atoms with Gasteiger partial charge in [0.15, 0.2) is 11.5 Å². The first-order valence-corrected chi connectivity index (χ1v) is 11.5. The van der Waals surface area contributed by atoms with Crippen molar-refractivity contribution in [2.24, 2.45) is 5.92 Å². The number of benzene rings is 2. The van der Waals surface area contributed by atoms with Crippen LogP contribution < -0.4 is 9.47 Å². The Labute approximate surface area is 182 Å². The van der Waals surface area contributed by atoms with Crippen molar-refractivity contribution in [3.8, 4) is 11.5 Å². The molecule has 1 aliphatic heterocycles. The van der Waals surface area contributed by atoms with Gasteiger partial charge in [-0.05, 0) is 60.3 Å². The highest BCUT2D eigenvalue weighted by Crippen LogP contribution is 2.47. The molecular weight excluding hydrogens is 401 g/mol. The van der Waals surface area contributed by atoms with Crippen LogP contribution in [0.1, 0.15) is 80.9 Å². The second-order valence-electron chi connectivity index (χ2n) is 9.11. The number of ether oxygens (including phenoxy) is 2. The minimum absolute atomic E-state index is 0.0226. The molecule has 0 radical (unpaired) electrons. The zero-order valence-electron chi connectivity index (χ0n) is 18.3. The van der Waals surface area contributed by atoms with E-state index in [2.05, 4.69) is 6.92 Å². The monoisotopic (exact) mass is 432 g/mol. The van der Waals surface area contributed by atoms with E-state index < -0.39 is 17.8 Å². The van der Waals surface area contributed by atoms with Crippen LogP contribution in [0.4, 0.5) is 13.2 Å². The van der Waals surface area contributed by atoms with Crippen LogP contribution in [0.3, 0.4) is 0 Å². The van der Waals surface area contributed by atoms with Gasteiger partial charge in [-0.1, -0.05) is 63.4 Å². The summed E-state index contributed by atoms with van der Waals surface area (Å²) in [5.74, 6) is -1.13. The van der Waals surface area contributed by atoms with Gasteiger partial charge in [0.05, 0.1) is 12.5 Å². The van der Waals surface area contributed by atoms with Gasteiger partial charge in [0, 0.05) is 0 Å². The van der Waals surface area contributed by atoms with E-state index >= 15 is 0 Å². The number of hydrogen-bond acceptors (Lipinski definition) is 2. The Morgan fingerprint density at radius 3 is 2.35 bits per heavy atom. The average molecular weight is 433 g/mol. The van der Waals surface area contributed by atoms with E-state index in [4.69, 9.17) is 9.47 Å². The van der Waals surface area contributed by atoms with Gasteiger partial charge in [-0.2, -0.15) is 13.2 Å². The van der Waals surface area contributed by atoms with Crippen molar-refractivity contribution >= 4 is 0 Å². The molecule has 2 aliphatic rings. The summed E-state index contributed by atoms with van der Waals surface area (Å²) < 4.78 is 54.9. The van der Waals surface area contributed by atoms with Crippen molar-refractivity contribution in [2.75, 3.05) is 6.61 Å². The van der Waals surface area contributed by atoms with Crippen molar-refractivity contribution in [3.05, 3.63) is 58.9 Å². The van der Waals surface area contributed by atoms with Crippen LogP contribution in [-0.4, -0.2) is 12.7 Å². The third-order valence-electron chi connectivity index (χ3n) is 6.79. The third-order valence-corrected chi connectivity index (χ3v) is 6.79. The summed E-state index contributed by atoms with van der Waals surface area (Å²) in [6.07, 6.45) is 2.94. The Kier molecular flexibility index (Phi) is 6.49. The molecule has 1 aliphatic carbocycles. The second kappa shape index (κ2) is 9.13. The van der Waals surface area contributed by atoms with Gasteiger partial charge in [-0.25, -0.2) is 0 Å². The zero-order chi connectivity index (χ0) is 22.0. The first-order valence-electron chi connectivity index (χ1n) is 11.5. The number of hydrogen-bond donors (Lipinski definition) is 0. The molecule has 1 fully saturated rings. The van der Waals surface area contributed by atoms with Crippen molar-refractivity contribution < 1.29 is 22.6 Å². The number of fused-ring (bicyclic) bond motifs is 1. The van der Waals surface area contributed by atoms with Crippen LogP contribution in [0.2, 0.25) is 0 Å². The predicted molar refractivity (Wildman–Crippen MR) is 116 cm³/mol. The highest BCUT2D eigenvalue weighted by atomic mass is 19.3. The zero-order valence-corrected chi connectivity index (χ0v) is 18.3. The lowest BCUT2D eigenvalue weighted by atomic mass is 9.79. The van der Waals surface area contributed by atoms with Crippen LogP contribution in [0.25, 0.3) is 0 Å². The molecule has 0 bridgehead atoms. The molecule has 1 unspecified atom stereocenters. The van der Waals surface area contributed by atoms with Gasteiger partial charge in [0.2, 0.25) is 5.82 Å². The predicted octanol–water partition coefficient (Wildman–Crippen LogP) is 7.61. The molecule has 2 nitrogen and oxygen atoms in total. The summed E-state index contributed by atoms with van der Waals surface area (Å²) in [4.78, 5) is 0. The maximum Gasteiger partial charge on any atom is 0.405 e. The summed E-state index contributed by atoms with van der Waals surface area (Å²) >= 11 is 0. The SMILES string of the molecule is CCCCOc1ccc2c(c1F)OC(F)(F)C(c1ccc(C3CCC(C)CC3)cc1)C2. The summed E-state index contributed by atoms with van der Waals surface area (Å²) in [5.41, 5.74) is 2.19. The van der Waals surface area contributed by atoms with Gasteiger partial charge >= 0.3 is 6.11 Å². The molecule has 0 amide bonds. The number of rotatable bonds is 6. The molecular formula is C26H31F3O2. The fourth-order valence-corrected chi connectivity index (χ4v) is 4.74. The summed E-state index contributed by atoms with van der Waals surface area (Å²) in [6, 6.07) is 10.7. The highest BCUT2D eigenvalue weighted by molar-refractivity contribution is 5.46. The van der Waals surface area contributed by atoms with Crippen molar-refractivity contribution in [2.45, 2.75) is 76.7 Å². The molecule has 0 aromatic heterocycles. The molecule has 0 saturated heterocycles. The standard InChI is InChI=1S/C26H31F3O2/c1-3-4-15-30-23-14-13-21-16-22(26(28,29)31-25(21)24(23)27)20-11-9-19(10-12-20)18-7-5-17(2)6-8-18/h9-14,17-18,22H,3-8,15-16H2,1-2H3. The molecule has 4 rings (SSSR count). The van der Waals surface area contributed by atoms with Crippen LogP contribution in [-0.2, 0) is 6.42 Å². The molecule has 2 aromatic rings. The Morgan fingerprint density at radius 2 is 1.68 bits per heavy atom. The lowest BCUT2D eigenvalue weighted by molar-refractivity contribution is -0.203. The molecule has 1 atom stereocenters. The summed E-state index contributed by atoms with van der Waals surface area (Å²) in [7, 11) is 0. The summed E-state index contributed by atoms with van der Waals surface area (Å²) in [6.45, 7) is 4.63. The third kappa shape index (κ3) is 4.70. The van der Waals surface area contributed by atoms with Crippen LogP contribution in [0.5, 0.6) is 11.5 Å². The number of halogens is 3. The van der Waals surface area contributed by atoms with E-state index in [0.29, 0.717) is 23.7 Å². The average Bonchev–Trinajstić information content (AvgIpc) is 2.76. The van der Waals surface area contributed by atoms with Gasteiger partial charge in [-0.15, -0.1) is 0 Å². The molecule has 1 saturated carbocycles. The first kappa shape index (κ1) is 22.0. The van der Waals surface area contributed by atoms with E-state index in [-0.39, 0.29) is 17.9 Å². The first-order chi connectivity index (χ1) is 14.9. The minimum atomic E-state index is -3.49. The lowest BCUT2D eigenvalue weighted by Crippen LogP contribution is -2.38. The van der Waals surface area contributed by atoms with E-state index in [1.54, 1.807) is 18.2 Å². The van der Waals surface area contributed by atoms with E-state index in [9.17, 15) is 13.2 Å². The van der Waals surface area contributed by atoms with Crippen LogP contribution >= 0.6 is 0 Å². The number of alkyl halides is 2. The van der Waals surface area contributed by atoms with E-state index in [1.165, 1.54) is 24.5 Å². The molecule has 0 spiro atoms. The maximum atomic E-state index is 14.9. The Morgan fingerprint density at radius 1 is 1.00 bits per heavy atom. The summed E-state index contributed by atoms with van der Waals surface area (Å²) in [5, 5.41) is 0. The lowest BCUT2D eigenvalue weighted by Gasteiger charge is -2.34. The van der Waals surface area contributed by atoms with Crippen molar-refractivity contribution in [3.63, 3.8) is 0 Å². The Balaban J connectivity index is 1.52. The topological polar surface area (TPSA) is 18.5 Å². The highest BCUT2D eigenvalue weighted by Gasteiger charge is 2.48. The number of unbranched alkanes of at least 4 members (excludes halogenated alkanes) is 1. The molecule has 2 aromatic carbocycles. The molecule has 168 valence electrons. The fraction of sp³-hybridized carbons (Fsp3) is 0.538. The Hall–Kier alpha value is -2.17. The quantitative estimate of drug-likeness (QED) is 0.437. The van der Waals surface area contributed by atoms with Crippen molar-refractivity contribution in [1.29, 1.82) is 0 Å². The fourth-order valence-electron chi connectivity index (χ4n) is 4.74. The molecule has 5 heteroatoms. The second-order valence-corrected chi connectivity index (χ2v) is 9.11.